The van der Waals surface area contributed by atoms with Crippen LogP contribution in [0, 0.1) is 13.8 Å². The third-order valence-corrected chi connectivity index (χ3v) is 4.84. The molecular weight excluding hydrogens is 338 g/mol. The molecule has 6 heteroatoms. The molecule has 2 aromatic rings. The van der Waals surface area contributed by atoms with Crippen molar-refractivity contribution in [2.24, 2.45) is 4.99 Å². The Hall–Kier alpha value is -2.50. The van der Waals surface area contributed by atoms with Gasteiger partial charge in [0, 0.05) is 37.8 Å². The number of rotatable bonds is 7. The van der Waals surface area contributed by atoms with Crippen molar-refractivity contribution in [3.63, 3.8) is 0 Å². The molecule has 0 fully saturated rings. The molecule has 1 aliphatic rings. The predicted octanol–water partition coefficient (Wildman–Crippen LogP) is 3.01. The highest BCUT2D eigenvalue weighted by Gasteiger charge is 2.20. The molecule has 0 saturated carbocycles. The molecule has 0 radical (unpaired) electrons. The van der Waals surface area contributed by atoms with E-state index in [1.165, 1.54) is 11.3 Å². The second-order valence-electron chi connectivity index (χ2n) is 7.02. The maximum absolute atomic E-state index is 5.75. The zero-order chi connectivity index (χ0) is 19.1. The fourth-order valence-electron chi connectivity index (χ4n) is 3.49. The molecule has 1 aliphatic heterocycles. The second kappa shape index (κ2) is 9.44. The number of para-hydroxylation sites is 1. The third kappa shape index (κ3) is 5.25. The average Bonchev–Trinajstić information content (AvgIpc) is 3.00. The van der Waals surface area contributed by atoms with Gasteiger partial charge >= 0.3 is 0 Å². The number of aromatic nitrogens is 2. The largest absolute Gasteiger partial charge is 0.493 e. The Bertz CT molecular complexity index is 768. The lowest BCUT2D eigenvalue weighted by molar-refractivity contribution is 0.269. The van der Waals surface area contributed by atoms with Crippen molar-refractivity contribution in [3.05, 3.63) is 47.3 Å². The molecule has 1 unspecified atom stereocenters. The van der Waals surface area contributed by atoms with Gasteiger partial charge in [-0.1, -0.05) is 18.2 Å². The third-order valence-electron chi connectivity index (χ3n) is 4.84. The number of fused-ring (bicyclic) bond motifs is 1. The van der Waals surface area contributed by atoms with Crippen LogP contribution in [-0.2, 0) is 6.54 Å². The molecule has 2 N–H and O–H groups in total. The van der Waals surface area contributed by atoms with Crippen molar-refractivity contribution in [1.29, 1.82) is 0 Å². The fourth-order valence-corrected chi connectivity index (χ4v) is 3.49. The van der Waals surface area contributed by atoms with Gasteiger partial charge in [0.15, 0.2) is 5.96 Å². The molecular formula is C21H31N5O. The van der Waals surface area contributed by atoms with Crippen LogP contribution in [0.2, 0.25) is 0 Å². The zero-order valence-electron chi connectivity index (χ0n) is 16.7. The number of nitrogens with zero attached hydrogens (tertiary/aromatic N) is 3. The molecule has 0 spiro atoms. The van der Waals surface area contributed by atoms with Crippen molar-refractivity contribution in [1.82, 2.24) is 20.4 Å². The summed E-state index contributed by atoms with van der Waals surface area (Å²) in [5.74, 6) is 2.31. The molecule has 1 aromatic heterocycles. The Morgan fingerprint density at radius 2 is 2.15 bits per heavy atom. The van der Waals surface area contributed by atoms with E-state index in [0.29, 0.717) is 5.92 Å². The number of aliphatic imine (C=N–C) groups is 1. The number of aryl methyl sites for hydroxylation is 3. The van der Waals surface area contributed by atoms with Crippen LogP contribution in [0.5, 0.6) is 5.75 Å². The molecule has 27 heavy (non-hydrogen) atoms. The topological polar surface area (TPSA) is 63.5 Å². The van der Waals surface area contributed by atoms with Crippen LogP contribution in [-0.4, -0.2) is 42.0 Å². The van der Waals surface area contributed by atoms with Crippen LogP contribution in [0.4, 0.5) is 0 Å². The van der Waals surface area contributed by atoms with E-state index in [2.05, 4.69) is 52.5 Å². The van der Waals surface area contributed by atoms with Crippen LogP contribution in [0.25, 0.3) is 0 Å². The molecule has 0 aliphatic carbocycles. The maximum atomic E-state index is 5.75. The minimum Gasteiger partial charge on any atom is -0.493 e. The van der Waals surface area contributed by atoms with Crippen molar-refractivity contribution in [2.45, 2.75) is 46.1 Å². The number of benzene rings is 1. The van der Waals surface area contributed by atoms with Gasteiger partial charge in [0.1, 0.15) is 5.75 Å². The highest BCUT2D eigenvalue weighted by Crippen LogP contribution is 2.33. The van der Waals surface area contributed by atoms with Crippen LogP contribution in [0.3, 0.4) is 0 Å². The molecule has 1 atom stereocenters. The highest BCUT2D eigenvalue weighted by molar-refractivity contribution is 5.79. The van der Waals surface area contributed by atoms with E-state index in [9.17, 15) is 0 Å². The molecule has 0 bridgehead atoms. The first-order valence-electron chi connectivity index (χ1n) is 9.92. The summed E-state index contributed by atoms with van der Waals surface area (Å²) < 4.78 is 7.82. The minimum absolute atomic E-state index is 0.417. The Morgan fingerprint density at radius 3 is 2.93 bits per heavy atom. The van der Waals surface area contributed by atoms with E-state index < -0.39 is 0 Å². The summed E-state index contributed by atoms with van der Waals surface area (Å²) in [4.78, 5) is 4.82. The van der Waals surface area contributed by atoms with Gasteiger partial charge < -0.3 is 15.4 Å². The van der Waals surface area contributed by atoms with Crippen molar-refractivity contribution >= 4 is 5.96 Å². The highest BCUT2D eigenvalue weighted by atomic mass is 16.5. The van der Waals surface area contributed by atoms with Gasteiger partial charge in [0.2, 0.25) is 0 Å². The number of ether oxygens (including phenoxy) is 1. The summed E-state index contributed by atoms with van der Waals surface area (Å²) >= 11 is 0. The number of hydrogen-bond donors (Lipinski definition) is 2. The van der Waals surface area contributed by atoms with E-state index in [1.807, 2.05) is 19.1 Å². The summed E-state index contributed by atoms with van der Waals surface area (Å²) in [6, 6.07) is 10.4. The first-order valence-corrected chi connectivity index (χ1v) is 9.92. The lowest BCUT2D eigenvalue weighted by Crippen LogP contribution is -2.38. The molecule has 0 saturated heterocycles. The predicted molar refractivity (Wildman–Crippen MR) is 110 cm³/mol. The van der Waals surface area contributed by atoms with E-state index in [1.54, 1.807) is 0 Å². The van der Waals surface area contributed by atoms with Crippen LogP contribution in [0.15, 0.2) is 35.3 Å². The average molecular weight is 370 g/mol. The first-order chi connectivity index (χ1) is 13.2. The summed E-state index contributed by atoms with van der Waals surface area (Å²) in [5.41, 5.74) is 3.56. The number of guanidine groups is 1. The van der Waals surface area contributed by atoms with Gasteiger partial charge in [-0.3, -0.25) is 9.67 Å². The van der Waals surface area contributed by atoms with Crippen LogP contribution >= 0.6 is 0 Å². The van der Waals surface area contributed by atoms with Crippen LogP contribution in [0.1, 0.15) is 42.6 Å². The standard InChI is InChI=1S/C21H31N5O/c1-4-22-21(23-11-7-12-26-17(3)14-16(2)25-26)24-15-18-10-13-27-20-9-6-5-8-19(18)20/h5-6,8-9,14,18H,4,7,10-13,15H2,1-3H3,(H2,22,23,24). The molecule has 1 aromatic carbocycles. The molecule has 0 amide bonds. The zero-order valence-corrected chi connectivity index (χ0v) is 16.7. The van der Waals surface area contributed by atoms with Gasteiger partial charge in [0.05, 0.1) is 12.3 Å². The maximum Gasteiger partial charge on any atom is 0.191 e. The second-order valence-corrected chi connectivity index (χ2v) is 7.02. The fraction of sp³-hybridized carbons (Fsp3) is 0.524. The van der Waals surface area contributed by atoms with Gasteiger partial charge in [-0.15, -0.1) is 0 Å². The summed E-state index contributed by atoms with van der Waals surface area (Å²) in [7, 11) is 0. The van der Waals surface area contributed by atoms with Crippen molar-refractivity contribution in [3.8, 4) is 5.75 Å². The summed E-state index contributed by atoms with van der Waals surface area (Å²) in [6.07, 6.45) is 2.02. The molecule has 3 rings (SSSR count). The van der Waals surface area contributed by atoms with Crippen molar-refractivity contribution < 1.29 is 4.74 Å². The van der Waals surface area contributed by atoms with Gasteiger partial charge in [-0.25, -0.2) is 0 Å². The summed E-state index contributed by atoms with van der Waals surface area (Å²) in [6.45, 7) is 10.4. The Morgan fingerprint density at radius 1 is 1.30 bits per heavy atom. The normalized spacial score (nSPS) is 16.6. The molecule has 146 valence electrons. The molecule has 2 heterocycles. The molecule has 6 nitrogen and oxygen atoms in total. The number of hydrogen-bond acceptors (Lipinski definition) is 3. The Kier molecular flexibility index (Phi) is 6.74. The van der Waals surface area contributed by atoms with Crippen molar-refractivity contribution in [2.75, 3.05) is 26.2 Å². The Balaban J connectivity index is 1.52. The lowest BCUT2D eigenvalue weighted by atomic mass is 9.93. The first kappa shape index (κ1) is 19.3. The van der Waals surface area contributed by atoms with Gasteiger partial charge in [-0.2, -0.15) is 5.10 Å². The van der Waals surface area contributed by atoms with Gasteiger partial charge in [-0.05, 0) is 51.3 Å². The van der Waals surface area contributed by atoms with Crippen LogP contribution < -0.4 is 15.4 Å². The minimum atomic E-state index is 0.417. The Labute approximate surface area is 162 Å². The smallest absolute Gasteiger partial charge is 0.191 e. The quantitative estimate of drug-likeness (QED) is 0.447. The van der Waals surface area contributed by atoms with E-state index in [4.69, 9.17) is 9.73 Å². The van der Waals surface area contributed by atoms with E-state index in [0.717, 1.165) is 63.0 Å². The van der Waals surface area contributed by atoms with E-state index in [-0.39, 0.29) is 0 Å². The SMILES string of the molecule is CCNC(=NCC1CCOc2ccccc21)NCCCn1nc(C)cc1C. The van der Waals surface area contributed by atoms with E-state index >= 15 is 0 Å². The monoisotopic (exact) mass is 369 g/mol. The lowest BCUT2D eigenvalue weighted by Gasteiger charge is -2.25. The number of nitrogens with one attached hydrogen (secondary N) is 2. The summed E-state index contributed by atoms with van der Waals surface area (Å²) in [5, 5.41) is 11.3. The van der Waals surface area contributed by atoms with Gasteiger partial charge in [0.25, 0.3) is 0 Å².